The Morgan fingerprint density at radius 1 is 1.12 bits per heavy atom. The van der Waals surface area contributed by atoms with Gasteiger partial charge >= 0.3 is 5.69 Å². The van der Waals surface area contributed by atoms with Gasteiger partial charge in [0.05, 0.1) is 10.9 Å². The number of H-pyrrole nitrogens is 2. The van der Waals surface area contributed by atoms with E-state index in [9.17, 15) is 14.4 Å². The largest absolute Gasteiger partial charge is 0.338 e. The molecule has 0 aromatic carbocycles. The van der Waals surface area contributed by atoms with E-state index in [0.717, 1.165) is 25.4 Å². The molecule has 3 heterocycles. The molecule has 2 aromatic heterocycles. The molecule has 7 nitrogen and oxygen atoms in total. The molecule has 1 saturated heterocycles. The van der Waals surface area contributed by atoms with Gasteiger partial charge < -0.3 is 4.90 Å². The highest BCUT2D eigenvalue weighted by atomic mass is 16.2. The van der Waals surface area contributed by atoms with Crippen LogP contribution in [0.2, 0.25) is 0 Å². The Labute approximate surface area is 138 Å². The number of aromatic nitrogens is 3. The Hall–Kier alpha value is -2.44. The van der Waals surface area contributed by atoms with E-state index in [1.165, 1.54) is 37.9 Å². The highest BCUT2D eigenvalue weighted by molar-refractivity contribution is 5.96. The first-order chi connectivity index (χ1) is 11.6. The third-order valence-electron chi connectivity index (χ3n) is 5.42. The van der Waals surface area contributed by atoms with E-state index < -0.39 is 11.2 Å². The number of nitrogens with one attached hydrogen (secondary N) is 2. The molecule has 2 aliphatic rings. The molecule has 2 aromatic rings. The molecular weight excluding hydrogens is 308 g/mol. The lowest BCUT2D eigenvalue weighted by Crippen LogP contribution is -2.44. The van der Waals surface area contributed by atoms with Crippen molar-refractivity contribution in [2.45, 2.75) is 32.1 Å². The Bertz CT molecular complexity index is 901. The second-order valence-corrected chi connectivity index (χ2v) is 6.87. The van der Waals surface area contributed by atoms with Crippen LogP contribution in [-0.4, -0.2) is 38.8 Å². The number of nitrogens with zero attached hydrogens (tertiary/aromatic N) is 2. The van der Waals surface area contributed by atoms with Crippen molar-refractivity contribution in [1.82, 2.24) is 19.9 Å². The SMILES string of the molecule is O=C(c1cnc2[nH]c(=O)[nH]c(=O)c2c1)N1CCC2CCCCC2C1. The molecule has 2 N–H and O–H groups in total. The monoisotopic (exact) mass is 328 g/mol. The number of carbonyl (C=O) groups is 1. The molecule has 4 rings (SSSR count). The van der Waals surface area contributed by atoms with Crippen LogP contribution in [0.25, 0.3) is 11.0 Å². The van der Waals surface area contributed by atoms with Gasteiger partial charge in [-0.05, 0) is 30.7 Å². The van der Waals surface area contributed by atoms with Gasteiger partial charge in [0.25, 0.3) is 11.5 Å². The van der Waals surface area contributed by atoms with Gasteiger partial charge in [-0.1, -0.05) is 19.3 Å². The minimum absolute atomic E-state index is 0.0842. The second kappa shape index (κ2) is 5.89. The van der Waals surface area contributed by atoms with Crippen LogP contribution >= 0.6 is 0 Å². The molecule has 1 saturated carbocycles. The number of carbonyl (C=O) groups excluding carboxylic acids is 1. The molecule has 2 atom stereocenters. The van der Waals surface area contributed by atoms with E-state index in [0.29, 0.717) is 11.5 Å². The molecule has 24 heavy (non-hydrogen) atoms. The summed E-state index contributed by atoms with van der Waals surface area (Å²) in [5.74, 6) is 1.27. The quantitative estimate of drug-likeness (QED) is 0.823. The normalized spacial score (nSPS) is 23.9. The summed E-state index contributed by atoms with van der Waals surface area (Å²) >= 11 is 0. The van der Waals surface area contributed by atoms with Crippen LogP contribution in [0.15, 0.2) is 21.9 Å². The summed E-state index contributed by atoms with van der Waals surface area (Å²) in [6.45, 7) is 1.56. The number of pyridine rings is 1. The zero-order chi connectivity index (χ0) is 16.7. The molecular formula is C17H20N4O3. The third kappa shape index (κ3) is 2.64. The van der Waals surface area contributed by atoms with Gasteiger partial charge in [0, 0.05) is 19.3 Å². The van der Waals surface area contributed by atoms with Crippen molar-refractivity contribution >= 4 is 16.9 Å². The maximum atomic E-state index is 12.8. The van der Waals surface area contributed by atoms with Gasteiger partial charge in [-0.3, -0.25) is 19.6 Å². The summed E-state index contributed by atoms with van der Waals surface area (Å²) in [5.41, 5.74) is -0.527. The van der Waals surface area contributed by atoms with Crippen molar-refractivity contribution in [1.29, 1.82) is 0 Å². The maximum Gasteiger partial charge on any atom is 0.327 e. The Morgan fingerprint density at radius 3 is 2.75 bits per heavy atom. The summed E-state index contributed by atoms with van der Waals surface area (Å²) in [6, 6.07) is 1.52. The summed E-state index contributed by atoms with van der Waals surface area (Å²) in [7, 11) is 0. The third-order valence-corrected chi connectivity index (χ3v) is 5.42. The molecule has 7 heteroatoms. The summed E-state index contributed by atoms with van der Waals surface area (Å²) in [4.78, 5) is 46.6. The number of piperidine rings is 1. The van der Waals surface area contributed by atoms with Crippen molar-refractivity contribution in [3.8, 4) is 0 Å². The predicted octanol–water partition coefficient (Wildman–Crippen LogP) is 1.26. The number of amides is 1. The van der Waals surface area contributed by atoms with Crippen molar-refractivity contribution in [3.63, 3.8) is 0 Å². The minimum atomic E-state index is -0.599. The molecule has 1 aliphatic carbocycles. The van der Waals surface area contributed by atoms with E-state index >= 15 is 0 Å². The number of likely N-dealkylation sites (tertiary alicyclic amines) is 1. The van der Waals surface area contributed by atoms with Crippen LogP contribution in [0.4, 0.5) is 0 Å². The van der Waals surface area contributed by atoms with E-state index in [1.54, 1.807) is 0 Å². The lowest BCUT2D eigenvalue weighted by atomic mass is 9.75. The highest BCUT2D eigenvalue weighted by Crippen LogP contribution is 2.36. The van der Waals surface area contributed by atoms with E-state index in [1.807, 2.05) is 4.90 Å². The highest BCUT2D eigenvalue weighted by Gasteiger charge is 2.33. The summed E-state index contributed by atoms with van der Waals surface area (Å²) < 4.78 is 0. The smallest absolute Gasteiger partial charge is 0.327 e. The van der Waals surface area contributed by atoms with Gasteiger partial charge in [0.1, 0.15) is 5.65 Å². The molecule has 1 aliphatic heterocycles. The Kier molecular flexibility index (Phi) is 3.70. The molecule has 126 valence electrons. The standard InChI is InChI=1S/C17H20N4O3/c22-15-13-7-12(8-18-14(13)19-17(24)20-15)16(23)21-6-5-10-3-1-2-4-11(10)9-21/h7-8,10-11H,1-6,9H2,(H2,18,19,20,22,24). The Balaban J connectivity index is 1.61. The molecule has 1 amide bonds. The zero-order valence-electron chi connectivity index (χ0n) is 13.4. The maximum absolute atomic E-state index is 12.8. The van der Waals surface area contributed by atoms with E-state index in [2.05, 4.69) is 15.0 Å². The van der Waals surface area contributed by atoms with Crippen molar-refractivity contribution in [2.75, 3.05) is 13.1 Å². The fraction of sp³-hybridized carbons (Fsp3) is 0.529. The van der Waals surface area contributed by atoms with Crippen LogP contribution in [0.5, 0.6) is 0 Å². The van der Waals surface area contributed by atoms with Crippen LogP contribution in [0.1, 0.15) is 42.5 Å². The van der Waals surface area contributed by atoms with Gasteiger partial charge in [-0.25, -0.2) is 9.78 Å². The Morgan fingerprint density at radius 2 is 1.92 bits per heavy atom. The number of aromatic amines is 2. The van der Waals surface area contributed by atoms with Crippen LogP contribution < -0.4 is 11.2 Å². The van der Waals surface area contributed by atoms with E-state index in [-0.39, 0.29) is 16.9 Å². The first-order valence-corrected chi connectivity index (χ1v) is 8.53. The molecule has 2 unspecified atom stereocenters. The van der Waals surface area contributed by atoms with Crippen LogP contribution in [-0.2, 0) is 0 Å². The molecule has 0 spiro atoms. The van der Waals surface area contributed by atoms with E-state index in [4.69, 9.17) is 0 Å². The lowest BCUT2D eigenvalue weighted by Gasteiger charge is -2.41. The number of rotatable bonds is 1. The zero-order valence-corrected chi connectivity index (χ0v) is 13.4. The fourth-order valence-corrected chi connectivity index (χ4v) is 4.13. The average molecular weight is 328 g/mol. The van der Waals surface area contributed by atoms with Crippen LogP contribution in [0.3, 0.4) is 0 Å². The summed E-state index contributed by atoms with van der Waals surface area (Å²) in [5, 5.41) is 0.230. The topological polar surface area (TPSA) is 98.9 Å². The summed E-state index contributed by atoms with van der Waals surface area (Å²) in [6.07, 6.45) is 7.55. The first-order valence-electron chi connectivity index (χ1n) is 8.53. The van der Waals surface area contributed by atoms with Gasteiger partial charge in [-0.15, -0.1) is 0 Å². The van der Waals surface area contributed by atoms with Crippen molar-refractivity contribution < 1.29 is 4.79 Å². The van der Waals surface area contributed by atoms with Gasteiger partial charge in [0.15, 0.2) is 0 Å². The van der Waals surface area contributed by atoms with Crippen molar-refractivity contribution in [2.24, 2.45) is 11.8 Å². The first kappa shape index (κ1) is 15.1. The fourth-order valence-electron chi connectivity index (χ4n) is 4.13. The second-order valence-electron chi connectivity index (χ2n) is 6.87. The van der Waals surface area contributed by atoms with Crippen molar-refractivity contribution in [3.05, 3.63) is 38.7 Å². The average Bonchev–Trinajstić information content (AvgIpc) is 2.60. The van der Waals surface area contributed by atoms with Crippen LogP contribution in [0, 0.1) is 11.8 Å². The number of hydrogen-bond acceptors (Lipinski definition) is 4. The molecule has 2 fully saturated rings. The number of fused-ring (bicyclic) bond motifs is 2. The number of hydrogen-bond donors (Lipinski definition) is 2. The predicted molar refractivity (Wildman–Crippen MR) is 89.0 cm³/mol. The van der Waals surface area contributed by atoms with Gasteiger partial charge in [0.2, 0.25) is 0 Å². The van der Waals surface area contributed by atoms with Gasteiger partial charge in [-0.2, -0.15) is 0 Å². The lowest BCUT2D eigenvalue weighted by molar-refractivity contribution is 0.0520. The molecule has 0 bridgehead atoms. The molecule has 0 radical (unpaired) electrons. The minimum Gasteiger partial charge on any atom is -0.338 e.